The van der Waals surface area contributed by atoms with Crippen LogP contribution >= 0.6 is 11.6 Å². The zero-order valence-corrected chi connectivity index (χ0v) is 18.6. The van der Waals surface area contributed by atoms with Gasteiger partial charge in [0.05, 0.1) is 16.1 Å². The molecule has 0 saturated heterocycles. The van der Waals surface area contributed by atoms with Crippen LogP contribution in [0.25, 0.3) is 0 Å². The quantitative estimate of drug-likeness (QED) is 0.271. The number of hydrogen-bond donors (Lipinski definition) is 0. The molecule has 0 amide bonds. The molecule has 1 saturated carbocycles. The summed E-state index contributed by atoms with van der Waals surface area (Å²) in [6, 6.07) is 14.1. The molecule has 1 atom stereocenters. The molecule has 1 aromatic carbocycles. The van der Waals surface area contributed by atoms with Crippen molar-refractivity contribution in [2.45, 2.75) is 44.4 Å². The minimum Gasteiger partial charge on any atom is -0.258 e. The van der Waals surface area contributed by atoms with Gasteiger partial charge in [-0.3, -0.25) is 4.98 Å². The zero-order valence-electron chi connectivity index (χ0n) is 17.8. The minimum absolute atomic E-state index is 0.327. The minimum atomic E-state index is -2.40. The predicted molar refractivity (Wildman–Crippen MR) is 126 cm³/mol. The topological polar surface area (TPSA) is 12.9 Å². The van der Waals surface area contributed by atoms with Gasteiger partial charge >= 0.3 is 0 Å². The van der Waals surface area contributed by atoms with Gasteiger partial charge in [0.15, 0.2) is 0 Å². The smallest absolute Gasteiger partial charge is 0.242 e. The van der Waals surface area contributed by atoms with Gasteiger partial charge in [0, 0.05) is 12.6 Å². The molecule has 1 heterocycles. The molecule has 2 aromatic rings. The second kappa shape index (κ2) is 10.2. The normalized spacial score (nSPS) is 16.5. The molecule has 0 N–H and O–H groups in total. The highest BCUT2D eigenvalue weighted by Gasteiger charge is 2.44. The molecule has 1 aliphatic rings. The average molecular weight is 440 g/mol. The molecule has 1 nitrogen and oxygen atoms in total. The Hall–Kier alpha value is -2.52. The Morgan fingerprint density at radius 2 is 1.90 bits per heavy atom. The van der Waals surface area contributed by atoms with Crippen molar-refractivity contribution in [3.8, 4) is 0 Å². The van der Waals surface area contributed by atoms with Crippen molar-refractivity contribution in [1.82, 2.24) is 4.98 Å². The Labute approximate surface area is 188 Å². The number of alkyl halides is 2. The third-order valence-electron chi connectivity index (χ3n) is 5.86. The second-order valence-corrected chi connectivity index (χ2v) is 8.63. The summed E-state index contributed by atoms with van der Waals surface area (Å²) >= 11 is 6.13. The molecule has 0 radical (unpaired) electrons. The van der Waals surface area contributed by atoms with Crippen molar-refractivity contribution in [2.75, 3.05) is 0 Å². The van der Waals surface area contributed by atoms with Gasteiger partial charge in [-0.2, -0.15) is 0 Å². The summed E-state index contributed by atoms with van der Waals surface area (Å²) < 4.78 is 25.2. The third-order valence-corrected chi connectivity index (χ3v) is 6.09. The van der Waals surface area contributed by atoms with Gasteiger partial charge in [-0.15, -0.1) is 0 Å². The Kier molecular flexibility index (Phi) is 7.61. The van der Waals surface area contributed by atoms with Gasteiger partial charge in [0.25, 0.3) is 0 Å². The standard InChI is InChI=1S/C27H28ClF2N/c1-19(16-26(29)30)8-7-9-20(2)27(21(3)23-12-13-23,17-22-10-5-4-6-11-22)25-15-14-24(28)18-31-25/h4-11,14-15,18,23,26H,1,3,12-13,16-17H2,2H3/b8-7-,20-9+/t27-/m0/s1. The lowest BCUT2D eigenvalue weighted by atomic mass is 9.66. The van der Waals surface area contributed by atoms with Crippen LogP contribution in [0.3, 0.4) is 0 Å². The van der Waals surface area contributed by atoms with E-state index in [9.17, 15) is 8.78 Å². The van der Waals surface area contributed by atoms with Crippen LogP contribution in [0.2, 0.25) is 5.02 Å². The fraction of sp³-hybridized carbons (Fsp3) is 0.296. The first-order valence-electron chi connectivity index (χ1n) is 10.5. The molecule has 3 rings (SSSR count). The summed E-state index contributed by atoms with van der Waals surface area (Å²) in [6.07, 6.45) is 7.33. The van der Waals surface area contributed by atoms with Gasteiger partial charge in [0.1, 0.15) is 0 Å². The first-order chi connectivity index (χ1) is 14.8. The maximum absolute atomic E-state index is 12.6. The van der Waals surface area contributed by atoms with Crippen molar-refractivity contribution in [1.29, 1.82) is 0 Å². The average Bonchev–Trinajstić information content (AvgIpc) is 3.57. The molecule has 4 heteroatoms. The number of hydrogen-bond acceptors (Lipinski definition) is 1. The highest BCUT2D eigenvalue weighted by atomic mass is 35.5. The van der Waals surface area contributed by atoms with E-state index in [1.807, 2.05) is 36.4 Å². The van der Waals surface area contributed by atoms with Crippen LogP contribution in [0, 0.1) is 5.92 Å². The summed E-state index contributed by atoms with van der Waals surface area (Å²) in [5.41, 5.74) is 4.16. The lowest BCUT2D eigenvalue weighted by Crippen LogP contribution is -2.34. The van der Waals surface area contributed by atoms with Crippen molar-refractivity contribution >= 4 is 11.6 Å². The van der Waals surface area contributed by atoms with Crippen molar-refractivity contribution in [3.05, 3.63) is 113 Å². The maximum Gasteiger partial charge on any atom is 0.242 e. The van der Waals surface area contributed by atoms with Crippen molar-refractivity contribution in [2.24, 2.45) is 5.92 Å². The van der Waals surface area contributed by atoms with Crippen LogP contribution in [0.15, 0.2) is 96.8 Å². The number of halogens is 3. The van der Waals surface area contributed by atoms with Crippen molar-refractivity contribution < 1.29 is 8.78 Å². The largest absolute Gasteiger partial charge is 0.258 e. The van der Waals surface area contributed by atoms with E-state index in [1.54, 1.807) is 18.3 Å². The van der Waals surface area contributed by atoms with E-state index in [4.69, 9.17) is 16.6 Å². The maximum atomic E-state index is 12.6. The van der Waals surface area contributed by atoms with E-state index in [2.05, 4.69) is 32.2 Å². The first-order valence-corrected chi connectivity index (χ1v) is 10.9. The summed E-state index contributed by atoms with van der Waals surface area (Å²) in [6.45, 7) is 10.3. The van der Waals surface area contributed by atoms with Gasteiger partial charge in [-0.05, 0) is 55.4 Å². The summed E-state index contributed by atoms with van der Waals surface area (Å²) in [5, 5.41) is 0.583. The highest BCUT2D eigenvalue weighted by molar-refractivity contribution is 6.30. The molecule has 0 bridgehead atoms. The monoisotopic (exact) mass is 439 g/mol. The van der Waals surface area contributed by atoms with E-state index in [-0.39, 0.29) is 6.42 Å². The molecule has 1 aromatic heterocycles. The second-order valence-electron chi connectivity index (χ2n) is 8.19. The first kappa shape index (κ1) is 23.1. The number of nitrogens with zero attached hydrogens (tertiary/aromatic N) is 1. The Bertz CT molecular complexity index is 972. The SMILES string of the molecule is C=C(/C=C\C=C(/C)[C@@](Cc1ccccc1)(C(=C)C1CC1)c1ccc(Cl)cn1)CC(F)F. The number of pyridine rings is 1. The predicted octanol–water partition coefficient (Wildman–Crippen LogP) is 7.90. The van der Waals surface area contributed by atoms with E-state index < -0.39 is 11.8 Å². The summed E-state index contributed by atoms with van der Waals surface area (Å²) in [5.74, 6) is 0.447. The lowest BCUT2D eigenvalue weighted by molar-refractivity contribution is 0.150. The van der Waals surface area contributed by atoms with Gasteiger partial charge in [-0.1, -0.05) is 84.5 Å². The highest BCUT2D eigenvalue weighted by Crippen LogP contribution is 2.50. The number of aromatic nitrogens is 1. The van der Waals surface area contributed by atoms with Crippen LogP contribution < -0.4 is 0 Å². The fourth-order valence-corrected chi connectivity index (χ4v) is 4.12. The zero-order chi connectivity index (χ0) is 22.4. The molecular weight excluding hydrogens is 412 g/mol. The molecular formula is C27H28ClF2N. The molecule has 31 heavy (non-hydrogen) atoms. The van der Waals surface area contributed by atoms with Crippen LogP contribution in [0.5, 0.6) is 0 Å². The Morgan fingerprint density at radius 1 is 1.19 bits per heavy atom. The summed E-state index contributed by atoms with van der Waals surface area (Å²) in [4.78, 5) is 4.71. The Morgan fingerprint density at radius 3 is 2.48 bits per heavy atom. The van der Waals surface area contributed by atoms with E-state index in [0.717, 1.165) is 29.7 Å². The van der Waals surface area contributed by atoms with Crippen LogP contribution in [0.4, 0.5) is 8.78 Å². The third kappa shape index (κ3) is 5.80. The molecule has 1 aliphatic carbocycles. The van der Waals surface area contributed by atoms with Gasteiger partial charge in [-0.25, -0.2) is 8.78 Å². The number of benzene rings is 1. The van der Waals surface area contributed by atoms with Gasteiger partial charge in [0.2, 0.25) is 6.43 Å². The van der Waals surface area contributed by atoms with Crippen LogP contribution in [0.1, 0.15) is 37.4 Å². The molecule has 0 aliphatic heterocycles. The molecule has 1 fully saturated rings. The molecule has 0 spiro atoms. The number of allylic oxidation sites excluding steroid dienone is 6. The van der Waals surface area contributed by atoms with E-state index >= 15 is 0 Å². The van der Waals surface area contributed by atoms with Crippen LogP contribution in [-0.2, 0) is 11.8 Å². The van der Waals surface area contributed by atoms with Crippen LogP contribution in [-0.4, -0.2) is 11.4 Å². The Balaban J connectivity index is 2.07. The molecule has 162 valence electrons. The van der Waals surface area contributed by atoms with E-state index in [1.165, 1.54) is 5.56 Å². The van der Waals surface area contributed by atoms with Crippen molar-refractivity contribution in [3.63, 3.8) is 0 Å². The summed E-state index contributed by atoms with van der Waals surface area (Å²) in [7, 11) is 0. The molecule has 0 unspecified atom stereocenters. The van der Waals surface area contributed by atoms with E-state index in [0.29, 0.717) is 22.9 Å². The number of rotatable bonds is 10. The lowest BCUT2D eigenvalue weighted by Gasteiger charge is -2.37. The van der Waals surface area contributed by atoms with Gasteiger partial charge < -0.3 is 0 Å². The fourth-order valence-electron chi connectivity index (χ4n) is 4.01.